The van der Waals surface area contributed by atoms with Crippen LogP contribution in [0.5, 0.6) is 0 Å². The first-order chi connectivity index (χ1) is 19.8. The van der Waals surface area contributed by atoms with Crippen LogP contribution in [-0.2, 0) is 0 Å². The van der Waals surface area contributed by atoms with Crippen LogP contribution in [0.15, 0.2) is 121 Å². The summed E-state index contributed by atoms with van der Waals surface area (Å²) in [7, 11) is 0. The number of benzene rings is 6. The first-order valence-corrected chi connectivity index (χ1v) is 13.9. The average molecular weight is 505 g/mol. The summed E-state index contributed by atoms with van der Waals surface area (Å²) >= 11 is 0. The summed E-state index contributed by atoms with van der Waals surface area (Å²) in [5, 5.41) is 5.50. The van der Waals surface area contributed by atoms with Gasteiger partial charge in [0.05, 0.1) is 0 Å². The summed E-state index contributed by atoms with van der Waals surface area (Å²) in [4.78, 5) is 0. The first-order valence-electron chi connectivity index (χ1n) is 13.9. The van der Waals surface area contributed by atoms with Gasteiger partial charge in [-0.05, 0) is 112 Å². The van der Waals surface area contributed by atoms with Crippen LogP contribution in [0, 0.1) is 0 Å². The van der Waals surface area contributed by atoms with E-state index >= 15 is 0 Å². The van der Waals surface area contributed by atoms with Gasteiger partial charge in [0.15, 0.2) is 0 Å². The number of rotatable bonds is 0. The topological polar surface area (TPSA) is 0 Å². The Morgan fingerprint density at radius 1 is 0.200 bits per heavy atom. The Bertz CT molecular complexity index is 1980. The van der Waals surface area contributed by atoms with E-state index in [-0.39, 0.29) is 0 Å². The highest BCUT2D eigenvalue weighted by molar-refractivity contribution is 5.91. The first kappa shape index (κ1) is 21.7. The van der Waals surface area contributed by atoms with Crippen LogP contribution in [0.3, 0.4) is 0 Å². The predicted molar refractivity (Wildman–Crippen MR) is 167 cm³/mol. The zero-order valence-corrected chi connectivity index (χ0v) is 21.9. The largest absolute Gasteiger partial charge is 0.0616 e. The van der Waals surface area contributed by atoms with Gasteiger partial charge in [0.1, 0.15) is 0 Å². The van der Waals surface area contributed by atoms with Crippen LogP contribution in [0.25, 0.3) is 68.8 Å². The van der Waals surface area contributed by atoms with Crippen LogP contribution in [-0.4, -0.2) is 0 Å². The second-order valence-electron chi connectivity index (χ2n) is 10.9. The van der Waals surface area contributed by atoms with E-state index in [1.54, 1.807) is 0 Å². The Balaban J connectivity index is 0.000000115. The van der Waals surface area contributed by atoms with Crippen LogP contribution >= 0.6 is 0 Å². The summed E-state index contributed by atoms with van der Waals surface area (Å²) in [5.74, 6) is 0. The standard InChI is InChI=1S/2C20H12/c2*1-3-7-15-13(5-1)11-19-17(15)9-10-18-16-8-4-2-6-14(16)12-20(18)19/h2*1-12H. The molecule has 0 radical (unpaired) electrons. The van der Waals surface area contributed by atoms with Crippen molar-refractivity contribution in [3.8, 4) is 44.5 Å². The van der Waals surface area contributed by atoms with Crippen molar-refractivity contribution >= 4 is 24.3 Å². The number of hydrogen-bond donors (Lipinski definition) is 0. The summed E-state index contributed by atoms with van der Waals surface area (Å²) in [6.45, 7) is 0. The van der Waals surface area contributed by atoms with Gasteiger partial charge in [0.25, 0.3) is 0 Å². The van der Waals surface area contributed by atoms with Crippen molar-refractivity contribution in [2.24, 2.45) is 0 Å². The van der Waals surface area contributed by atoms with Crippen molar-refractivity contribution in [3.63, 3.8) is 0 Å². The molecule has 0 bridgehead atoms. The molecule has 184 valence electrons. The van der Waals surface area contributed by atoms with Crippen LogP contribution in [0.4, 0.5) is 0 Å². The zero-order chi connectivity index (χ0) is 26.2. The lowest BCUT2D eigenvalue weighted by Gasteiger charge is -2.03. The van der Waals surface area contributed by atoms with Crippen molar-refractivity contribution in [2.75, 3.05) is 0 Å². The minimum atomic E-state index is 1.33. The molecule has 4 aliphatic rings. The van der Waals surface area contributed by atoms with E-state index in [4.69, 9.17) is 0 Å². The molecule has 0 fully saturated rings. The Morgan fingerprint density at radius 3 is 0.675 bits per heavy atom. The van der Waals surface area contributed by atoms with Gasteiger partial charge in [-0.25, -0.2) is 0 Å². The molecule has 0 aromatic heterocycles. The lowest BCUT2D eigenvalue weighted by atomic mass is 10.0. The molecule has 6 aromatic carbocycles. The highest BCUT2D eigenvalue weighted by Gasteiger charge is 2.19. The fraction of sp³-hybridized carbons (Fsp3) is 0. The molecule has 0 nitrogen and oxygen atoms in total. The summed E-state index contributed by atoms with van der Waals surface area (Å²) in [6.07, 6.45) is 9.30. The highest BCUT2D eigenvalue weighted by Crippen LogP contribution is 2.32. The normalized spacial score (nSPS) is 12.8. The molecule has 0 saturated heterocycles. The number of fused-ring (bicyclic) bond motifs is 14. The van der Waals surface area contributed by atoms with E-state index in [1.807, 2.05) is 0 Å². The van der Waals surface area contributed by atoms with Crippen molar-refractivity contribution in [1.82, 2.24) is 0 Å². The van der Waals surface area contributed by atoms with Gasteiger partial charge in [0.2, 0.25) is 0 Å². The van der Waals surface area contributed by atoms with Gasteiger partial charge in [0, 0.05) is 0 Å². The maximum Gasteiger partial charge on any atom is -0.00926 e. The molecular formula is C40H24. The van der Waals surface area contributed by atoms with E-state index in [0.717, 1.165) is 0 Å². The summed E-state index contributed by atoms with van der Waals surface area (Å²) < 4.78 is 0. The monoisotopic (exact) mass is 504 g/mol. The molecule has 10 rings (SSSR count). The third kappa shape index (κ3) is 3.02. The molecule has 0 N–H and O–H groups in total. The van der Waals surface area contributed by atoms with Gasteiger partial charge in [-0.15, -0.1) is 0 Å². The van der Waals surface area contributed by atoms with Gasteiger partial charge >= 0.3 is 0 Å². The molecule has 0 unspecified atom stereocenters. The maximum absolute atomic E-state index is 2.33. The fourth-order valence-corrected chi connectivity index (χ4v) is 6.93. The molecule has 0 spiro atoms. The van der Waals surface area contributed by atoms with E-state index in [9.17, 15) is 0 Å². The quantitative estimate of drug-likeness (QED) is 0.218. The zero-order valence-electron chi connectivity index (χ0n) is 21.9. The van der Waals surface area contributed by atoms with Gasteiger partial charge in [-0.3, -0.25) is 0 Å². The second kappa shape index (κ2) is 8.15. The Morgan fingerprint density at radius 2 is 0.425 bits per heavy atom. The van der Waals surface area contributed by atoms with Gasteiger partial charge in [-0.1, -0.05) is 121 Å². The molecule has 0 heterocycles. The van der Waals surface area contributed by atoms with Crippen LogP contribution < -0.4 is 20.9 Å². The van der Waals surface area contributed by atoms with E-state index in [1.165, 1.54) is 87.6 Å². The van der Waals surface area contributed by atoms with Crippen molar-refractivity contribution < 1.29 is 0 Å². The van der Waals surface area contributed by atoms with Crippen molar-refractivity contribution in [2.45, 2.75) is 0 Å². The highest BCUT2D eigenvalue weighted by atomic mass is 14.2. The minimum Gasteiger partial charge on any atom is -0.0616 e. The average Bonchev–Trinajstić information content (AvgIpc) is 3.76. The summed E-state index contributed by atoms with van der Waals surface area (Å²) in [6, 6.07) is 43.6. The maximum atomic E-state index is 2.33. The van der Waals surface area contributed by atoms with E-state index < -0.39 is 0 Å². The Kier molecular flexibility index (Phi) is 4.42. The van der Waals surface area contributed by atoms with E-state index in [0.29, 0.717) is 0 Å². The number of hydrogen-bond acceptors (Lipinski definition) is 0. The lowest BCUT2D eigenvalue weighted by molar-refractivity contribution is 1.54. The van der Waals surface area contributed by atoms with Crippen molar-refractivity contribution in [1.29, 1.82) is 0 Å². The fourth-order valence-electron chi connectivity index (χ4n) is 6.93. The molecule has 6 aromatic rings. The molecule has 0 saturated carbocycles. The molecule has 0 aliphatic heterocycles. The molecule has 40 heavy (non-hydrogen) atoms. The van der Waals surface area contributed by atoms with Gasteiger partial charge in [-0.2, -0.15) is 0 Å². The molecule has 4 aliphatic carbocycles. The third-order valence-electron chi connectivity index (χ3n) is 8.78. The minimum absolute atomic E-state index is 1.33. The third-order valence-corrected chi connectivity index (χ3v) is 8.78. The van der Waals surface area contributed by atoms with E-state index in [2.05, 4.69) is 146 Å². The summed E-state index contributed by atoms with van der Waals surface area (Å²) in [5.41, 5.74) is 16.2. The van der Waals surface area contributed by atoms with Crippen molar-refractivity contribution in [3.05, 3.63) is 164 Å². The predicted octanol–water partition coefficient (Wildman–Crippen LogP) is 6.61. The molecule has 0 amide bonds. The molecule has 0 atom stereocenters. The lowest BCUT2D eigenvalue weighted by Crippen LogP contribution is -2.25. The smallest absolute Gasteiger partial charge is 0.00926 e. The Hall–Kier alpha value is -5.20. The molecular weight excluding hydrogens is 480 g/mol. The SMILES string of the molecule is C1=c2c(ccc3c2=Cc2ccccc2-3)-c2ccccc21.C1=c2c(ccc3c2=Cc2ccccc2-3)-c2ccccc21. The van der Waals surface area contributed by atoms with Gasteiger partial charge < -0.3 is 0 Å². The molecule has 0 heteroatoms. The van der Waals surface area contributed by atoms with Crippen LogP contribution in [0.2, 0.25) is 0 Å². The second-order valence-corrected chi connectivity index (χ2v) is 10.9. The van der Waals surface area contributed by atoms with Crippen LogP contribution in [0.1, 0.15) is 22.3 Å². The Labute approximate surface area is 232 Å².